The van der Waals surface area contributed by atoms with Crippen LogP contribution in [0.15, 0.2) is 18.2 Å². The van der Waals surface area contributed by atoms with Crippen molar-refractivity contribution < 1.29 is 5.11 Å². The van der Waals surface area contributed by atoms with Gasteiger partial charge in [-0.05, 0) is 32.9 Å². The first-order valence-corrected chi connectivity index (χ1v) is 4.89. The van der Waals surface area contributed by atoms with Crippen LogP contribution in [0.1, 0.15) is 20.8 Å². The summed E-state index contributed by atoms with van der Waals surface area (Å²) >= 11 is 5.73. The molecule has 0 radical (unpaired) electrons. The summed E-state index contributed by atoms with van der Waals surface area (Å²) in [6.07, 6.45) is 0. The van der Waals surface area contributed by atoms with Gasteiger partial charge < -0.3 is 10.4 Å². The summed E-state index contributed by atoms with van der Waals surface area (Å²) in [5.41, 5.74) is -0.788. The number of nitrogens with zero attached hydrogens (tertiary/aromatic N) is 1. The van der Waals surface area contributed by atoms with E-state index in [1.54, 1.807) is 19.9 Å². The third-order valence-corrected chi connectivity index (χ3v) is 2.35. The van der Waals surface area contributed by atoms with Crippen molar-refractivity contribution >= 4 is 17.4 Å². The minimum atomic E-state index is -0.788. The van der Waals surface area contributed by atoms with Crippen molar-refractivity contribution in [1.82, 2.24) is 4.98 Å². The maximum Gasteiger partial charge on any atom is 0.131 e. The molecule has 0 bridgehead atoms. The Bertz CT molecular complexity index is 309. The molecule has 14 heavy (non-hydrogen) atoms. The molecule has 78 valence electrons. The van der Waals surface area contributed by atoms with Crippen molar-refractivity contribution in [2.75, 3.05) is 5.32 Å². The first-order valence-electron chi connectivity index (χ1n) is 4.51. The zero-order valence-corrected chi connectivity index (χ0v) is 9.34. The van der Waals surface area contributed by atoms with Gasteiger partial charge in [0.05, 0.1) is 11.6 Å². The molecule has 1 atom stereocenters. The zero-order valence-electron chi connectivity index (χ0n) is 8.58. The molecule has 1 unspecified atom stereocenters. The molecule has 1 aromatic rings. The number of anilines is 1. The molecule has 0 aliphatic heterocycles. The van der Waals surface area contributed by atoms with Crippen LogP contribution in [0.25, 0.3) is 0 Å². The summed E-state index contributed by atoms with van der Waals surface area (Å²) in [7, 11) is 0. The van der Waals surface area contributed by atoms with E-state index in [0.717, 1.165) is 0 Å². The van der Waals surface area contributed by atoms with E-state index in [1.807, 2.05) is 19.1 Å². The van der Waals surface area contributed by atoms with Crippen LogP contribution in [0.2, 0.25) is 5.15 Å². The van der Waals surface area contributed by atoms with E-state index in [2.05, 4.69) is 10.3 Å². The van der Waals surface area contributed by atoms with Crippen LogP contribution < -0.4 is 5.32 Å². The van der Waals surface area contributed by atoms with E-state index in [-0.39, 0.29) is 6.04 Å². The molecule has 3 nitrogen and oxygen atoms in total. The second-order valence-electron chi connectivity index (χ2n) is 3.87. The summed E-state index contributed by atoms with van der Waals surface area (Å²) in [5, 5.41) is 13.2. The summed E-state index contributed by atoms with van der Waals surface area (Å²) in [6, 6.07) is 5.25. The average molecular weight is 215 g/mol. The van der Waals surface area contributed by atoms with Crippen LogP contribution in [0.3, 0.4) is 0 Å². The monoisotopic (exact) mass is 214 g/mol. The predicted octanol–water partition coefficient (Wildman–Crippen LogP) is 2.31. The average Bonchev–Trinajstić information content (AvgIpc) is 2.02. The smallest absolute Gasteiger partial charge is 0.131 e. The predicted molar refractivity (Wildman–Crippen MR) is 58.6 cm³/mol. The van der Waals surface area contributed by atoms with Gasteiger partial charge in [0.1, 0.15) is 11.0 Å². The van der Waals surface area contributed by atoms with Gasteiger partial charge in [0.2, 0.25) is 0 Å². The lowest BCUT2D eigenvalue weighted by Gasteiger charge is -2.27. The Morgan fingerprint density at radius 3 is 2.64 bits per heavy atom. The van der Waals surface area contributed by atoms with E-state index in [4.69, 9.17) is 11.6 Å². The maximum absolute atomic E-state index is 9.69. The van der Waals surface area contributed by atoms with E-state index < -0.39 is 5.60 Å². The number of hydrogen-bond acceptors (Lipinski definition) is 3. The first kappa shape index (κ1) is 11.3. The lowest BCUT2D eigenvalue weighted by molar-refractivity contribution is 0.0648. The molecule has 0 spiro atoms. The van der Waals surface area contributed by atoms with E-state index >= 15 is 0 Å². The van der Waals surface area contributed by atoms with E-state index in [0.29, 0.717) is 11.0 Å². The summed E-state index contributed by atoms with van der Waals surface area (Å²) in [6.45, 7) is 5.38. The Labute approximate surface area is 89.1 Å². The van der Waals surface area contributed by atoms with Gasteiger partial charge in [-0.2, -0.15) is 0 Å². The van der Waals surface area contributed by atoms with Gasteiger partial charge in [-0.1, -0.05) is 17.7 Å². The number of halogens is 1. The highest BCUT2D eigenvalue weighted by Crippen LogP contribution is 2.15. The van der Waals surface area contributed by atoms with Crippen LogP contribution in [-0.2, 0) is 0 Å². The van der Waals surface area contributed by atoms with Crippen molar-refractivity contribution in [2.45, 2.75) is 32.4 Å². The van der Waals surface area contributed by atoms with Crippen molar-refractivity contribution in [3.05, 3.63) is 23.4 Å². The standard InChI is InChI=1S/C10H15ClN2O/c1-7(10(2,3)14)12-9-6-4-5-8(11)13-9/h4-7,14H,1-3H3,(H,12,13). The Morgan fingerprint density at radius 2 is 2.14 bits per heavy atom. The molecule has 0 amide bonds. The molecule has 0 aliphatic rings. The third-order valence-electron chi connectivity index (χ3n) is 2.14. The van der Waals surface area contributed by atoms with Gasteiger partial charge in [-0.3, -0.25) is 0 Å². The quantitative estimate of drug-likeness (QED) is 0.759. The van der Waals surface area contributed by atoms with Gasteiger partial charge in [0.25, 0.3) is 0 Å². The lowest BCUT2D eigenvalue weighted by Crippen LogP contribution is -2.39. The fourth-order valence-electron chi connectivity index (χ4n) is 0.887. The molecule has 0 aliphatic carbocycles. The van der Waals surface area contributed by atoms with Gasteiger partial charge in [0.15, 0.2) is 0 Å². The normalized spacial score (nSPS) is 13.8. The highest BCUT2D eigenvalue weighted by atomic mass is 35.5. The summed E-state index contributed by atoms with van der Waals surface area (Å²) < 4.78 is 0. The summed E-state index contributed by atoms with van der Waals surface area (Å²) in [5.74, 6) is 0.673. The Morgan fingerprint density at radius 1 is 1.50 bits per heavy atom. The van der Waals surface area contributed by atoms with Crippen LogP contribution in [0.5, 0.6) is 0 Å². The molecule has 0 saturated carbocycles. The highest BCUT2D eigenvalue weighted by molar-refractivity contribution is 6.29. The van der Waals surface area contributed by atoms with Gasteiger partial charge in [-0.25, -0.2) is 4.98 Å². The van der Waals surface area contributed by atoms with Crippen molar-refractivity contribution in [2.24, 2.45) is 0 Å². The fraction of sp³-hybridized carbons (Fsp3) is 0.500. The Kier molecular flexibility index (Phi) is 3.34. The molecular weight excluding hydrogens is 200 g/mol. The topological polar surface area (TPSA) is 45.2 Å². The largest absolute Gasteiger partial charge is 0.388 e. The van der Waals surface area contributed by atoms with Gasteiger partial charge in [-0.15, -0.1) is 0 Å². The number of aliphatic hydroxyl groups is 1. The second-order valence-corrected chi connectivity index (χ2v) is 4.25. The van der Waals surface area contributed by atoms with Crippen LogP contribution in [0, 0.1) is 0 Å². The lowest BCUT2D eigenvalue weighted by atomic mass is 10.0. The highest BCUT2D eigenvalue weighted by Gasteiger charge is 2.22. The van der Waals surface area contributed by atoms with Crippen LogP contribution >= 0.6 is 11.6 Å². The number of pyridine rings is 1. The zero-order chi connectivity index (χ0) is 10.8. The van der Waals surface area contributed by atoms with E-state index in [1.165, 1.54) is 0 Å². The third kappa shape index (κ3) is 3.16. The van der Waals surface area contributed by atoms with Gasteiger partial charge in [0, 0.05) is 0 Å². The fourth-order valence-corrected chi connectivity index (χ4v) is 1.05. The SMILES string of the molecule is CC(Nc1cccc(Cl)n1)C(C)(C)O. The number of hydrogen-bond donors (Lipinski definition) is 2. The molecule has 0 aromatic carbocycles. The van der Waals surface area contributed by atoms with Gasteiger partial charge >= 0.3 is 0 Å². The van der Waals surface area contributed by atoms with Crippen LogP contribution in [-0.4, -0.2) is 21.7 Å². The van der Waals surface area contributed by atoms with Crippen molar-refractivity contribution in [1.29, 1.82) is 0 Å². The molecule has 0 saturated heterocycles. The molecule has 4 heteroatoms. The number of rotatable bonds is 3. The molecule has 0 fully saturated rings. The minimum Gasteiger partial charge on any atom is -0.388 e. The molecular formula is C10H15ClN2O. The summed E-state index contributed by atoms with van der Waals surface area (Å²) in [4.78, 5) is 4.07. The second kappa shape index (κ2) is 4.15. The Balaban J connectivity index is 2.70. The van der Waals surface area contributed by atoms with E-state index in [9.17, 15) is 5.11 Å². The number of nitrogens with one attached hydrogen (secondary N) is 1. The molecule has 1 aromatic heterocycles. The molecule has 1 heterocycles. The van der Waals surface area contributed by atoms with Crippen LogP contribution in [0.4, 0.5) is 5.82 Å². The Hall–Kier alpha value is -0.800. The van der Waals surface area contributed by atoms with Crippen molar-refractivity contribution in [3.63, 3.8) is 0 Å². The number of aromatic nitrogens is 1. The molecule has 1 rings (SSSR count). The van der Waals surface area contributed by atoms with Crippen molar-refractivity contribution in [3.8, 4) is 0 Å². The molecule has 2 N–H and O–H groups in total. The minimum absolute atomic E-state index is 0.0894. The first-order chi connectivity index (χ1) is 6.39. The maximum atomic E-state index is 9.69.